The smallest absolute Gasteiger partial charge is 0.175 e. The minimum absolute atomic E-state index is 0.221. The Hall–Kier alpha value is -1.13. The fraction of sp³-hybridized carbons (Fsp3) is 0.529. The first-order valence-corrected chi connectivity index (χ1v) is 9.64. The lowest BCUT2D eigenvalue weighted by Crippen LogP contribution is -2.24. The van der Waals surface area contributed by atoms with Gasteiger partial charge in [0.25, 0.3) is 0 Å². The van der Waals surface area contributed by atoms with Gasteiger partial charge < -0.3 is 5.32 Å². The van der Waals surface area contributed by atoms with Gasteiger partial charge in [-0.3, -0.25) is 0 Å². The third-order valence-electron chi connectivity index (χ3n) is 3.94. The Morgan fingerprint density at radius 2 is 1.90 bits per heavy atom. The lowest BCUT2D eigenvalue weighted by molar-refractivity contribution is 0.546. The predicted molar refractivity (Wildman–Crippen MR) is 87.1 cm³/mol. The largest absolute Gasteiger partial charge is 0.307 e. The van der Waals surface area contributed by atoms with E-state index in [1.54, 1.807) is 12.1 Å². The molecule has 116 valence electrons. The van der Waals surface area contributed by atoms with Gasteiger partial charge in [0, 0.05) is 6.26 Å². The summed E-state index contributed by atoms with van der Waals surface area (Å²) in [5, 5.41) is 3.60. The molecule has 4 heteroatoms. The number of hydrogen-bond acceptors (Lipinski definition) is 3. The number of sulfone groups is 1. The zero-order valence-electron chi connectivity index (χ0n) is 12.9. The molecule has 1 N–H and O–H groups in total. The third kappa shape index (κ3) is 4.42. The first-order valence-electron chi connectivity index (χ1n) is 7.74. The van der Waals surface area contributed by atoms with Gasteiger partial charge >= 0.3 is 0 Å². The molecular weight excluding hydrogens is 282 g/mol. The summed E-state index contributed by atoms with van der Waals surface area (Å²) < 4.78 is 23.1. The normalized spacial score (nSPS) is 17.3. The van der Waals surface area contributed by atoms with Crippen LogP contribution in [0.2, 0.25) is 0 Å². The Morgan fingerprint density at radius 1 is 1.19 bits per heavy atom. The lowest BCUT2D eigenvalue weighted by Gasteiger charge is -2.25. The second kappa shape index (κ2) is 7.23. The van der Waals surface area contributed by atoms with Crippen molar-refractivity contribution in [3.63, 3.8) is 0 Å². The van der Waals surface area contributed by atoms with Crippen molar-refractivity contribution in [2.24, 2.45) is 0 Å². The molecule has 3 nitrogen and oxygen atoms in total. The molecule has 1 aliphatic rings. The molecule has 0 fully saturated rings. The van der Waals surface area contributed by atoms with Crippen LogP contribution in [0.25, 0.3) is 0 Å². The maximum atomic E-state index is 11.6. The molecule has 0 aromatic heterocycles. The average molecular weight is 307 g/mol. The van der Waals surface area contributed by atoms with Crippen LogP contribution in [-0.2, 0) is 9.84 Å². The SMILES string of the molecule is CCCNC(C1=CCCCC1)c1ccc(S(C)(=O)=O)cc1. The number of hydrogen-bond donors (Lipinski definition) is 1. The number of rotatable bonds is 6. The van der Waals surface area contributed by atoms with Crippen LogP contribution in [0.15, 0.2) is 40.8 Å². The summed E-state index contributed by atoms with van der Waals surface area (Å²) in [6.07, 6.45) is 9.50. The molecule has 0 spiro atoms. The minimum atomic E-state index is -3.12. The molecule has 1 aromatic rings. The minimum Gasteiger partial charge on any atom is -0.307 e. The summed E-state index contributed by atoms with van der Waals surface area (Å²) in [4.78, 5) is 0.387. The predicted octanol–water partition coefficient (Wildman–Crippen LogP) is 3.63. The van der Waals surface area contributed by atoms with Crippen LogP contribution in [-0.4, -0.2) is 21.2 Å². The fourth-order valence-corrected chi connectivity index (χ4v) is 3.41. The molecular formula is C17H25NO2S. The van der Waals surface area contributed by atoms with Crippen LogP contribution < -0.4 is 5.32 Å². The van der Waals surface area contributed by atoms with E-state index in [1.807, 2.05) is 12.1 Å². The molecule has 1 aromatic carbocycles. The zero-order chi connectivity index (χ0) is 15.3. The van der Waals surface area contributed by atoms with E-state index in [0.717, 1.165) is 31.4 Å². The van der Waals surface area contributed by atoms with E-state index < -0.39 is 9.84 Å². The van der Waals surface area contributed by atoms with Crippen LogP contribution in [0.5, 0.6) is 0 Å². The Morgan fingerprint density at radius 3 is 2.43 bits per heavy atom. The highest BCUT2D eigenvalue weighted by atomic mass is 32.2. The topological polar surface area (TPSA) is 46.2 Å². The van der Waals surface area contributed by atoms with Gasteiger partial charge in [0.15, 0.2) is 9.84 Å². The summed E-state index contributed by atoms with van der Waals surface area (Å²) in [7, 11) is -3.12. The Labute approximate surface area is 128 Å². The molecule has 0 saturated heterocycles. The molecule has 0 bridgehead atoms. The molecule has 0 heterocycles. The molecule has 0 aliphatic heterocycles. The molecule has 2 rings (SSSR count). The summed E-state index contributed by atoms with van der Waals surface area (Å²) in [5.74, 6) is 0. The van der Waals surface area contributed by atoms with Gasteiger partial charge in [0.05, 0.1) is 10.9 Å². The molecule has 21 heavy (non-hydrogen) atoms. The summed E-state index contributed by atoms with van der Waals surface area (Å²) in [5.41, 5.74) is 2.60. The standard InChI is InChI=1S/C17H25NO2S/c1-3-13-18-17(14-7-5-4-6-8-14)15-9-11-16(12-10-15)21(2,19)20/h7,9-12,17-18H,3-6,8,13H2,1-2H3. The van der Waals surface area contributed by atoms with Crippen molar-refractivity contribution in [3.05, 3.63) is 41.5 Å². The Balaban J connectivity index is 2.25. The van der Waals surface area contributed by atoms with E-state index in [-0.39, 0.29) is 6.04 Å². The van der Waals surface area contributed by atoms with Crippen molar-refractivity contribution >= 4 is 9.84 Å². The van der Waals surface area contributed by atoms with E-state index in [4.69, 9.17) is 0 Å². The molecule has 1 aliphatic carbocycles. The number of benzene rings is 1. The van der Waals surface area contributed by atoms with Crippen molar-refractivity contribution < 1.29 is 8.42 Å². The first-order chi connectivity index (χ1) is 10.0. The van der Waals surface area contributed by atoms with Crippen molar-refractivity contribution in [1.82, 2.24) is 5.32 Å². The quantitative estimate of drug-likeness (QED) is 0.816. The first kappa shape index (κ1) is 16.2. The average Bonchev–Trinajstić information content (AvgIpc) is 2.48. The van der Waals surface area contributed by atoms with E-state index >= 15 is 0 Å². The second-order valence-electron chi connectivity index (χ2n) is 5.75. The van der Waals surface area contributed by atoms with Gasteiger partial charge in [-0.15, -0.1) is 0 Å². The van der Waals surface area contributed by atoms with Gasteiger partial charge in [-0.05, 0) is 56.3 Å². The van der Waals surface area contributed by atoms with Gasteiger partial charge in [0.2, 0.25) is 0 Å². The van der Waals surface area contributed by atoms with Crippen molar-refractivity contribution in [1.29, 1.82) is 0 Å². The van der Waals surface area contributed by atoms with E-state index in [0.29, 0.717) is 4.90 Å². The van der Waals surface area contributed by atoms with Crippen molar-refractivity contribution in [3.8, 4) is 0 Å². The van der Waals surface area contributed by atoms with E-state index in [1.165, 1.54) is 24.7 Å². The lowest BCUT2D eigenvalue weighted by atomic mass is 9.90. The summed E-state index contributed by atoms with van der Waals surface area (Å²) in [6.45, 7) is 3.13. The molecule has 0 amide bonds. The van der Waals surface area contributed by atoms with Crippen LogP contribution in [0, 0.1) is 0 Å². The number of nitrogens with one attached hydrogen (secondary N) is 1. The summed E-state index contributed by atoms with van der Waals surface area (Å²) >= 11 is 0. The summed E-state index contributed by atoms with van der Waals surface area (Å²) in [6, 6.07) is 7.54. The third-order valence-corrected chi connectivity index (χ3v) is 5.07. The monoisotopic (exact) mass is 307 g/mol. The maximum absolute atomic E-state index is 11.6. The zero-order valence-corrected chi connectivity index (χ0v) is 13.7. The highest BCUT2D eigenvalue weighted by Crippen LogP contribution is 2.30. The van der Waals surface area contributed by atoms with Crippen LogP contribution in [0.1, 0.15) is 50.6 Å². The van der Waals surface area contributed by atoms with Crippen molar-refractivity contribution in [2.45, 2.75) is 50.0 Å². The highest BCUT2D eigenvalue weighted by Gasteiger charge is 2.18. The Bertz CT molecular complexity index is 588. The Kier molecular flexibility index (Phi) is 5.59. The highest BCUT2D eigenvalue weighted by molar-refractivity contribution is 7.90. The molecule has 1 atom stereocenters. The second-order valence-corrected chi connectivity index (χ2v) is 7.77. The van der Waals surface area contributed by atoms with Gasteiger partial charge in [-0.2, -0.15) is 0 Å². The van der Waals surface area contributed by atoms with Gasteiger partial charge in [-0.25, -0.2) is 8.42 Å². The van der Waals surface area contributed by atoms with E-state index in [2.05, 4.69) is 18.3 Å². The van der Waals surface area contributed by atoms with Gasteiger partial charge in [0.1, 0.15) is 0 Å². The molecule has 0 saturated carbocycles. The fourth-order valence-electron chi connectivity index (χ4n) is 2.78. The van der Waals surface area contributed by atoms with E-state index in [9.17, 15) is 8.42 Å². The number of allylic oxidation sites excluding steroid dienone is 1. The molecule has 0 radical (unpaired) electrons. The molecule has 1 unspecified atom stereocenters. The van der Waals surface area contributed by atoms with Crippen LogP contribution in [0.3, 0.4) is 0 Å². The van der Waals surface area contributed by atoms with Crippen molar-refractivity contribution in [2.75, 3.05) is 12.8 Å². The maximum Gasteiger partial charge on any atom is 0.175 e. The van der Waals surface area contributed by atoms with Crippen LogP contribution in [0.4, 0.5) is 0 Å². The van der Waals surface area contributed by atoms with Crippen LogP contribution >= 0.6 is 0 Å². The van der Waals surface area contributed by atoms with Gasteiger partial charge in [-0.1, -0.05) is 30.7 Å².